The van der Waals surface area contributed by atoms with Crippen molar-refractivity contribution in [2.45, 2.75) is 18.9 Å². The fourth-order valence-electron chi connectivity index (χ4n) is 2.20. The maximum atomic E-state index is 9.91. The lowest BCUT2D eigenvalue weighted by Crippen LogP contribution is -2.38. The Morgan fingerprint density at radius 3 is 2.30 bits per heavy atom. The molecule has 2 aromatic rings. The molecule has 0 spiro atoms. The van der Waals surface area contributed by atoms with Gasteiger partial charge in [-0.3, -0.25) is 0 Å². The molecule has 0 aliphatic carbocycles. The second-order valence-corrected chi connectivity index (χ2v) is 5.61. The molecule has 2 rings (SSSR count). The Bertz CT molecular complexity index is 565. The normalized spacial score (nSPS) is 13.8. The number of hydrogen-bond donors (Lipinski definition) is 2. The van der Waals surface area contributed by atoms with Gasteiger partial charge in [-0.25, -0.2) is 0 Å². The summed E-state index contributed by atoms with van der Waals surface area (Å²) in [6.07, 6.45) is 0.729. The zero-order valence-electron chi connectivity index (χ0n) is 11.2. The van der Waals surface area contributed by atoms with Crippen LogP contribution in [0.1, 0.15) is 18.9 Å². The molecule has 1 unspecified atom stereocenters. The third-order valence-corrected chi connectivity index (χ3v) is 3.97. The lowest BCUT2D eigenvalue weighted by atomic mass is 9.87. The number of rotatable bonds is 5. The van der Waals surface area contributed by atoms with Crippen LogP contribution in [0, 0.1) is 0 Å². The molecule has 0 aliphatic heterocycles. The van der Waals surface area contributed by atoms with E-state index in [1.165, 1.54) is 0 Å². The standard InChI is InChI=1S/C16H17Cl2NO/c1-2-16(11-20,12-4-3-5-14(18)10-12)19-15-8-6-13(17)7-9-15/h3-10,19-20H,2,11H2,1H3. The van der Waals surface area contributed by atoms with E-state index in [2.05, 4.69) is 5.32 Å². The van der Waals surface area contributed by atoms with Crippen LogP contribution in [0.2, 0.25) is 10.0 Å². The van der Waals surface area contributed by atoms with Crippen molar-refractivity contribution in [2.75, 3.05) is 11.9 Å². The summed E-state index contributed by atoms with van der Waals surface area (Å²) in [5, 5.41) is 14.6. The summed E-state index contributed by atoms with van der Waals surface area (Å²) in [5.74, 6) is 0. The van der Waals surface area contributed by atoms with E-state index < -0.39 is 5.54 Å². The molecule has 1 atom stereocenters. The average Bonchev–Trinajstić information content (AvgIpc) is 2.47. The SMILES string of the molecule is CCC(CO)(Nc1ccc(Cl)cc1)c1cccc(Cl)c1. The van der Waals surface area contributed by atoms with Gasteiger partial charge in [-0.05, 0) is 48.4 Å². The predicted molar refractivity (Wildman–Crippen MR) is 85.6 cm³/mol. The number of aliphatic hydroxyl groups excluding tert-OH is 1. The number of nitrogens with one attached hydrogen (secondary N) is 1. The maximum Gasteiger partial charge on any atom is 0.0854 e. The van der Waals surface area contributed by atoms with Crippen LogP contribution >= 0.6 is 23.2 Å². The van der Waals surface area contributed by atoms with Crippen molar-refractivity contribution >= 4 is 28.9 Å². The van der Waals surface area contributed by atoms with Gasteiger partial charge >= 0.3 is 0 Å². The van der Waals surface area contributed by atoms with Gasteiger partial charge in [0.25, 0.3) is 0 Å². The number of anilines is 1. The molecule has 0 saturated carbocycles. The molecular weight excluding hydrogens is 293 g/mol. The largest absolute Gasteiger partial charge is 0.394 e. The highest BCUT2D eigenvalue weighted by Gasteiger charge is 2.29. The molecule has 0 saturated heterocycles. The molecular formula is C16H17Cl2NO. The molecule has 20 heavy (non-hydrogen) atoms. The first-order chi connectivity index (χ1) is 9.59. The summed E-state index contributed by atoms with van der Waals surface area (Å²) < 4.78 is 0. The smallest absolute Gasteiger partial charge is 0.0854 e. The Labute approximate surface area is 129 Å². The molecule has 0 bridgehead atoms. The van der Waals surface area contributed by atoms with Crippen molar-refractivity contribution in [3.8, 4) is 0 Å². The molecule has 0 aromatic heterocycles. The predicted octanol–water partition coefficient (Wildman–Crippen LogP) is 4.70. The van der Waals surface area contributed by atoms with Crippen molar-refractivity contribution < 1.29 is 5.11 Å². The average molecular weight is 310 g/mol. The van der Waals surface area contributed by atoms with Crippen LogP contribution in [0.3, 0.4) is 0 Å². The van der Waals surface area contributed by atoms with Gasteiger partial charge in [0.1, 0.15) is 0 Å². The Kier molecular flexibility index (Phi) is 4.92. The first kappa shape index (κ1) is 15.2. The third-order valence-electron chi connectivity index (χ3n) is 3.48. The van der Waals surface area contributed by atoms with E-state index in [0.717, 1.165) is 17.7 Å². The van der Waals surface area contributed by atoms with Crippen LogP contribution in [0.25, 0.3) is 0 Å². The summed E-state index contributed by atoms with van der Waals surface area (Å²) in [6, 6.07) is 15.0. The van der Waals surface area contributed by atoms with Gasteiger partial charge in [0, 0.05) is 15.7 Å². The number of aliphatic hydroxyl groups is 1. The Morgan fingerprint density at radius 1 is 1.05 bits per heavy atom. The van der Waals surface area contributed by atoms with Gasteiger partial charge < -0.3 is 10.4 Å². The van der Waals surface area contributed by atoms with Crippen LogP contribution in [-0.4, -0.2) is 11.7 Å². The van der Waals surface area contributed by atoms with E-state index in [1.807, 2.05) is 55.5 Å². The quantitative estimate of drug-likeness (QED) is 0.839. The third kappa shape index (κ3) is 3.26. The number of halogens is 2. The molecule has 2 N–H and O–H groups in total. The van der Waals surface area contributed by atoms with Crippen molar-refractivity contribution in [1.82, 2.24) is 0 Å². The minimum Gasteiger partial charge on any atom is -0.394 e. The Balaban J connectivity index is 2.36. The van der Waals surface area contributed by atoms with Crippen LogP contribution < -0.4 is 5.32 Å². The highest BCUT2D eigenvalue weighted by molar-refractivity contribution is 6.30. The first-order valence-corrected chi connectivity index (χ1v) is 7.26. The summed E-state index contributed by atoms with van der Waals surface area (Å²) in [5.41, 5.74) is 1.31. The molecule has 0 heterocycles. The second kappa shape index (κ2) is 6.49. The molecule has 0 amide bonds. The lowest BCUT2D eigenvalue weighted by molar-refractivity contribution is 0.207. The first-order valence-electron chi connectivity index (χ1n) is 6.50. The minimum absolute atomic E-state index is 0.0214. The van der Waals surface area contributed by atoms with Crippen LogP contribution in [0.5, 0.6) is 0 Å². The fraction of sp³-hybridized carbons (Fsp3) is 0.250. The summed E-state index contributed by atoms with van der Waals surface area (Å²) in [7, 11) is 0. The van der Waals surface area contributed by atoms with Crippen LogP contribution in [0.15, 0.2) is 48.5 Å². The van der Waals surface area contributed by atoms with E-state index in [1.54, 1.807) is 0 Å². The summed E-state index contributed by atoms with van der Waals surface area (Å²) in [6.45, 7) is 2.01. The summed E-state index contributed by atoms with van der Waals surface area (Å²) >= 11 is 12.0. The number of hydrogen-bond acceptors (Lipinski definition) is 2. The highest BCUT2D eigenvalue weighted by Crippen LogP contribution is 2.31. The Hall–Kier alpha value is -1.22. The van der Waals surface area contributed by atoms with Gasteiger partial charge in [-0.1, -0.05) is 42.3 Å². The molecule has 0 fully saturated rings. The molecule has 2 nitrogen and oxygen atoms in total. The maximum absolute atomic E-state index is 9.91. The highest BCUT2D eigenvalue weighted by atomic mass is 35.5. The van der Waals surface area contributed by atoms with Crippen molar-refractivity contribution in [3.05, 3.63) is 64.1 Å². The second-order valence-electron chi connectivity index (χ2n) is 4.74. The Morgan fingerprint density at radius 2 is 1.75 bits per heavy atom. The summed E-state index contributed by atoms with van der Waals surface area (Å²) in [4.78, 5) is 0. The van der Waals surface area contributed by atoms with Gasteiger partial charge in [-0.15, -0.1) is 0 Å². The molecule has 106 valence electrons. The van der Waals surface area contributed by atoms with Gasteiger partial charge in [-0.2, -0.15) is 0 Å². The van der Waals surface area contributed by atoms with Crippen molar-refractivity contribution in [1.29, 1.82) is 0 Å². The minimum atomic E-state index is -0.557. The zero-order chi connectivity index (χ0) is 14.6. The van der Waals surface area contributed by atoms with Crippen LogP contribution in [0.4, 0.5) is 5.69 Å². The van der Waals surface area contributed by atoms with Gasteiger partial charge in [0.2, 0.25) is 0 Å². The van der Waals surface area contributed by atoms with E-state index in [-0.39, 0.29) is 6.61 Å². The van der Waals surface area contributed by atoms with E-state index in [4.69, 9.17) is 23.2 Å². The van der Waals surface area contributed by atoms with E-state index >= 15 is 0 Å². The topological polar surface area (TPSA) is 32.3 Å². The monoisotopic (exact) mass is 309 g/mol. The van der Waals surface area contributed by atoms with E-state index in [9.17, 15) is 5.11 Å². The molecule has 0 aliphatic rings. The van der Waals surface area contributed by atoms with Crippen molar-refractivity contribution in [3.63, 3.8) is 0 Å². The van der Waals surface area contributed by atoms with E-state index in [0.29, 0.717) is 10.0 Å². The molecule has 0 radical (unpaired) electrons. The zero-order valence-corrected chi connectivity index (χ0v) is 12.7. The van der Waals surface area contributed by atoms with Gasteiger partial charge in [0.05, 0.1) is 12.1 Å². The molecule has 2 aromatic carbocycles. The van der Waals surface area contributed by atoms with Crippen LogP contribution in [-0.2, 0) is 5.54 Å². The lowest BCUT2D eigenvalue weighted by Gasteiger charge is -2.34. The number of benzene rings is 2. The van der Waals surface area contributed by atoms with Crippen molar-refractivity contribution in [2.24, 2.45) is 0 Å². The van der Waals surface area contributed by atoms with Gasteiger partial charge in [0.15, 0.2) is 0 Å². The molecule has 4 heteroatoms. The fourth-order valence-corrected chi connectivity index (χ4v) is 2.52.